The van der Waals surface area contributed by atoms with Gasteiger partial charge in [-0.15, -0.1) is 0 Å². The Balaban J connectivity index is -0.000000152. The minimum atomic E-state index is -2.28. The van der Waals surface area contributed by atoms with Crippen molar-refractivity contribution in [3.8, 4) is 0 Å². The van der Waals surface area contributed by atoms with Gasteiger partial charge in [-0.1, -0.05) is 35.4 Å². The first-order chi connectivity index (χ1) is 12.4. The molecule has 16 heteroatoms. The van der Waals surface area contributed by atoms with Gasteiger partial charge >= 0.3 is 16.8 Å². The molecule has 0 radical (unpaired) electrons. The van der Waals surface area contributed by atoms with Gasteiger partial charge in [0, 0.05) is 39.6 Å². The van der Waals surface area contributed by atoms with Crippen LogP contribution in [0.2, 0.25) is 0 Å². The Morgan fingerprint density at radius 2 is 0.571 bits per heavy atom. The fraction of sp³-hybridized carbons (Fsp3) is 1.00. The summed E-state index contributed by atoms with van der Waals surface area (Å²) in [5.74, 6) is 0. The molecule has 0 aromatic carbocycles. The van der Waals surface area contributed by atoms with Crippen LogP contribution in [-0.4, -0.2) is 39.6 Å². The molecule has 0 atom stereocenters. The number of hydrogen-bond donors (Lipinski definition) is 0. The summed E-state index contributed by atoms with van der Waals surface area (Å²) in [6, 6.07) is 0. The Morgan fingerprint density at radius 3 is 0.643 bits per heavy atom. The third kappa shape index (κ3) is 31.5. The van der Waals surface area contributed by atoms with Crippen molar-refractivity contribution < 1.29 is 43.9 Å². The minimum Gasteiger partial charge on any atom is -0.691 e. The van der Waals surface area contributed by atoms with Crippen LogP contribution in [0, 0.1) is 0 Å². The summed E-state index contributed by atoms with van der Waals surface area (Å²) in [7, 11) is 0. The van der Waals surface area contributed by atoms with Gasteiger partial charge in [0.1, 0.15) is 0 Å². The van der Waals surface area contributed by atoms with Crippen molar-refractivity contribution in [3.63, 3.8) is 0 Å². The molecule has 0 aromatic heterocycles. The van der Waals surface area contributed by atoms with E-state index < -0.39 is 17.1 Å². The van der Waals surface area contributed by atoms with Crippen LogP contribution in [0.1, 0.15) is 41.5 Å². The van der Waals surface area contributed by atoms with Gasteiger partial charge in [0.25, 0.3) is 0 Å². The molecule has 0 heterocycles. The normalized spacial score (nSPS) is 11.5. The molecule has 0 aliphatic carbocycles. The third-order valence-electron chi connectivity index (χ3n) is 1.72. The van der Waals surface area contributed by atoms with Crippen molar-refractivity contribution in [1.29, 1.82) is 0 Å². The summed E-state index contributed by atoms with van der Waals surface area (Å²) in [4.78, 5) is 0. The van der Waals surface area contributed by atoms with Crippen molar-refractivity contribution in [2.24, 2.45) is 0 Å². The van der Waals surface area contributed by atoms with Crippen LogP contribution in [0.15, 0.2) is 0 Å². The Bertz CT molecular complexity index is 394. The van der Waals surface area contributed by atoms with E-state index in [1.165, 1.54) is 0 Å². The van der Waals surface area contributed by atoms with E-state index >= 15 is 0 Å². The first kappa shape index (κ1) is 38.5. The van der Waals surface area contributed by atoms with Crippen molar-refractivity contribution >= 4 is 89.2 Å². The Hall–Kier alpha value is 3.27. The van der Waals surface area contributed by atoms with Gasteiger partial charge in [-0.05, 0) is 41.5 Å². The molecule has 174 valence electrons. The van der Waals surface area contributed by atoms with Crippen LogP contribution in [0.4, 0.5) is 0 Å². The molecular formula is C12H30CoO6P3S6. The zero-order valence-corrected chi connectivity index (χ0v) is 25.4. The van der Waals surface area contributed by atoms with Gasteiger partial charge in [0.05, 0.1) is 17.1 Å². The zero-order chi connectivity index (χ0) is 22.0. The predicted octanol–water partition coefficient (Wildman–Crippen LogP) is 5.49. The van der Waals surface area contributed by atoms with Gasteiger partial charge < -0.3 is 63.9 Å². The molecule has 0 unspecified atom stereocenters. The smallest absolute Gasteiger partial charge is 0.691 e. The van der Waals surface area contributed by atoms with Crippen LogP contribution in [0.3, 0.4) is 0 Å². The summed E-state index contributed by atoms with van der Waals surface area (Å²) in [5.41, 5.74) is -6.83. The SMILES string of the molecule is CCOP(=S)([S-])OCC.CCOP(=S)([S-])OCC.CCOP(=S)([S-])OCC.[Co+3]. The van der Waals surface area contributed by atoms with E-state index in [9.17, 15) is 0 Å². The quantitative estimate of drug-likeness (QED) is 0.207. The van der Waals surface area contributed by atoms with Crippen molar-refractivity contribution in [1.82, 2.24) is 0 Å². The molecule has 0 bridgehead atoms. The minimum absolute atomic E-state index is 0. The summed E-state index contributed by atoms with van der Waals surface area (Å²) in [5, 5.41) is 0. The maximum absolute atomic E-state index is 4.99. The molecule has 0 fully saturated rings. The topological polar surface area (TPSA) is 55.4 Å². The van der Waals surface area contributed by atoms with Gasteiger partial charge in [-0.25, -0.2) is 0 Å². The van der Waals surface area contributed by atoms with E-state index in [2.05, 4.69) is 0 Å². The molecule has 28 heavy (non-hydrogen) atoms. The van der Waals surface area contributed by atoms with Crippen LogP contribution in [-0.2, 0) is 116 Å². The maximum Gasteiger partial charge on any atom is 3.00 e. The summed E-state index contributed by atoms with van der Waals surface area (Å²) >= 11 is 28.9. The van der Waals surface area contributed by atoms with Crippen LogP contribution < -0.4 is 0 Å². The van der Waals surface area contributed by atoms with Crippen LogP contribution in [0.5, 0.6) is 0 Å². The van der Waals surface area contributed by atoms with Crippen LogP contribution in [0.25, 0.3) is 0 Å². The fourth-order valence-corrected chi connectivity index (χ4v) is 6.98. The monoisotopic (exact) mass is 614 g/mol. The average molecular weight is 615 g/mol. The fourth-order valence-electron chi connectivity index (χ4n) is 1.06. The number of hydrogen-bond acceptors (Lipinski definition) is 12. The molecule has 0 aromatic rings. The molecule has 0 aliphatic heterocycles. The molecule has 0 rings (SSSR count). The molecule has 0 saturated heterocycles. The second-order valence-electron chi connectivity index (χ2n) is 3.85. The van der Waals surface area contributed by atoms with Crippen molar-refractivity contribution in [3.05, 3.63) is 0 Å². The van der Waals surface area contributed by atoms with Gasteiger partial charge in [0.2, 0.25) is 0 Å². The van der Waals surface area contributed by atoms with E-state index in [1.807, 2.05) is 41.5 Å². The van der Waals surface area contributed by atoms with Crippen LogP contribution >= 0.6 is 17.1 Å². The largest absolute Gasteiger partial charge is 3.00 e. The second kappa shape index (κ2) is 23.4. The summed E-state index contributed by atoms with van der Waals surface area (Å²) in [6.07, 6.45) is 0. The number of rotatable bonds is 12. The molecule has 6 nitrogen and oxygen atoms in total. The van der Waals surface area contributed by atoms with Crippen molar-refractivity contribution in [2.45, 2.75) is 41.5 Å². The first-order valence-corrected chi connectivity index (χ1v) is 19.1. The molecule has 0 saturated carbocycles. The standard InChI is InChI=1S/3C4H11O2PS2.Co/c3*1-3-5-7(8,9)6-4-2;/h3*3-4H2,1-2H3,(H,8,9);/q;;;+3/p-3. The van der Waals surface area contributed by atoms with E-state index in [4.69, 9.17) is 99.3 Å². The molecular weight excluding hydrogens is 584 g/mol. The molecule has 0 amide bonds. The third-order valence-corrected chi connectivity index (χ3v) is 8.96. The van der Waals surface area contributed by atoms with E-state index in [1.54, 1.807) is 0 Å². The molecule has 0 aliphatic rings. The first-order valence-electron chi connectivity index (χ1n) is 8.17. The Kier molecular flexibility index (Phi) is 32.2. The Morgan fingerprint density at radius 1 is 0.464 bits per heavy atom. The van der Waals surface area contributed by atoms with Gasteiger partial charge in [0.15, 0.2) is 0 Å². The van der Waals surface area contributed by atoms with Gasteiger partial charge in [-0.2, -0.15) is 0 Å². The molecule has 0 N–H and O–H groups in total. The summed E-state index contributed by atoms with van der Waals surface area (Å²) < 4.78 is 29.9. The second-order valence-corrected chi connectivity index (χ2v) is 18.8. The maximum atomic E-state index is 4.99. The van der Waals surface area contributed by atoms with E-state index in [0.29, 0.717) is 39.6 Å². The summed E-state index contributed by atoms with van der Waals surface area (Å²) in [6.45, 7) is 14.4. The average Bonchev–Trinajstić information content (AvgIpc) is 2.47. The predicted molar refractivity (Wildman–Crippen MR) is 135 cm³/mol. The van der Waals surface area contributed by atoms with E-state index in [-0.39, 0.29) is 16.8 Å². The van der Waals surface area contributed by atoms with E-state index in [0.717, 1.165) is 0 Å². The Labute approximate surface area is 212 Å². The van der Waals surface area contributed by atoms with Gasteiger partial charge in [-0.3, -0.25) is 0 Å². The van der Waals surface area contributed by atoms with Crippen molar-refractivity contribution in [2.75, 3.05) is 39.6 Å². The zero-order valence-electron chi connectivity index (χ0n) is 16.8. The molecule has 0 spiro atoms.